The molecule has 1 aliphatic heterocycles. The molecule has 0 bridgehead atoms. The molecule has 1 rings (SSSR count). The monoisotopic (exact) mass is 174 g/mol. The Morgan fingerprint density at radius 2 is 2.09 bits per heavy atom. The summed E-state index contributed by atoms with van der Waals surface area (Å²) in [5.74, 6) is 0.478. The van der Waals surface area contributed by atoms with Crippen LogP contribution in [-0.2, 0) is 9.53 Å². The minimum Gasteiger partial charge on any atom is -0.381 e. The lowest BCUT2D eigenvalue weighted by Gasteiger charge is -2.18. The average Bonchev–Trinajstić information content (AvgIpc) is 2.03. The van der Waals surface area contributed by atoms with Crippen LogP contribution in [-0.4, -0.2) is 18.5 Å². The van der Waals surface area contributed by atoms with E-state index in [1.54, 1.807) is 0 Å². The van der Waals surface area contributed by atoms with Gasteiger partial charge in [0.05, 0.1) is 0 Å². The van der Waals surface area contributed by atoms with Crippen molar-refractivity contribution in [2.24, 2.45) is 5.92 Å². The zero-order valence-corrected chi connectivity index (χ0v) is 7.01. The van der Waals surface area contributed by atoms with E-state index in [9.17, 15) is 4.79 Å². The third-order valence-corrected chi connectivity index (χ3v) is 1.89. The van der Waals surface area contributed by atoms with Gasteiger partial charge in [-0.05, 0) is 36.4 Å². The van der Waals surface area contributed by atoms with Gasteiger partial charge in [0.2, 0.25) is 5.24 Å². The van der Waals surface area contributed by atoms with Gasteiger partial charge in [0.25, 0.3) is 0 Å². The van der Waals surface area contributed by atoms with E-state index in [-0.39, 0.29) is 0 Å². The Morgan fingerprint density at radius 3 is 2.64 bits per heavy atom. The Bertz CT molecular complexity index is 159. The zero-order valence-electron chi connectivity index (χ0n) is 6.25. The minimum atomic E-state index is -0.392. The maximum absolute atomic E-state index is 10.3. The first-order chi connectivity index (χ1) is 5.29. The predicted molar refractivity (Wildman–Crippen MR) is 43.5 cm³/mol. The van der Waals surface area contributed by atoms with Gasteiger partial charge in [-0.1, -0.05) is 6.08 Å². The van der Waals surface area contributed by atoms with Crippen LogP contribution in [0.2, 0.25) is 0 Å². The van der Waals surface area contributed by atoms with Crippen LogP contribution in [0.15, 0.2) is 12.2 Å². The number of hydrogen-bond acceptors (Lipinski definition) is 2. The Balaban J connectivity index is 2.29. The highest BCUT2D eigenvalue weighted by Gasteiger charge is 2.09. The Morgan fingerprint density at radius 1 is 1.45 bits per heavy atom. The lowest BCUT2D eigenvalue weighted by molar-refractivity contribution is -0.107. The van der Waals surface area contributed by atoms with Crippen molar-refractivity contribution in [2.45, 2.75) is 12.8 Å². The van der Waals surface area contributed by atoms with E-state index in [2.05, 4.69) is 0 Å². The van der Waals surface area contributed by atoms with Crippen LogP contribution in [0.25, 0.3) is 0 Å². The summed E-state index contributed by atoms with van der Waals surface area (Å²) in [5.41, 5.74) is 0. The highest BCUT2D eigenvalue weighted by atomic mass is 35.5. The van der Waals surface area contributed by atoms with Crippen molar-refractivity contribution in [2.75, 3.05) is 13.2 Å². The number of hydrogen-bond donors (Lipinski definition) is 0. The summed E-state index contributed by atoms with van der Waals surface area (Å²) in [7, 11) is 0. The van der Waals surface area contributed by atoms with Gasteiger partial charge in [-0.2, -0.15) is 0 Å². The van der Waals surface area contributed by atoms with E-state index >= 15 is 0 Å². The molecule has 1 saturated heterocycles. The fourth-order valence-electron chi connectivity index (χ4n) is 1.12. The van der Waals surface area contributed by atoms with Crippen molar-refractivity contribution in [1.82, 2.24) is 0 Å². The Labute approximate surface area is 71.2 Å². The minimum absolute atomic E-state index is 0.392. The molecule has 0 N–H and O–H groups in total. The second-order valence-corrected chi connectivity index (χ2v) is 2.99. The molecule has 1 fully saturated rings. The van der Waals surface area contributed by atoms with Crippen LogP contribution in [0.1, 0.15) is 12.8 Å². The second kappa shape index (κ2) is 4.52. The quantitative estimate of drug-likeness (QED) is 0.471. The van der Waals surface area contributed by atoms with E-state index in [4.69, 9.17) is 16.3 Å². The van der Waals surface area contributed by atoms with Crippen molar-refractivity contribution in [1.29, 1.82) is 0 Å². The van der Waals surface area contributed by atoms with E-state index in [0.717, 1.165) is 26.1 Å². The molecular weight excluding hydrogens is 164 g/mol. The molecule has 2 nitrogen and oxygen atoms in total. The number of allylic oxidation sites excluding steroid dienone is 2. The van der Waals surface area contributed by atoms with Crippen LogP contribution in [0.5, 0.6) is 0 Å². The van der Waals surface area contributed by atoms with Crippen LogP contribution in [0.3, 0.4) is 0 Å². The Hall–Kier alpha value is -0.340. The third-order valence-electron chi connectivity index (χ3n) is 1.77. The van der Waals surface area contributed by atoms with Gasteiger partial charge in [0, 0.05) is 13.2 Å². The molecule has 0 aromatic carbocycles. The molecule has 0 amide bonds. The summed E-state index contributed by atoms with van der Waals surface area (Å²) < 4.78 is 5.15. The molecule has 0 aromatic rings. The number of rotatable bonds is 2. The van der Waals surface area contributed by atoms with Crippen LogP contribution >= 0.6 is 11.6 Å². The SMILES string of the molecule is O=C(Cl)C=CC1CCOCC1. The number of carbonyl (C=O) groups excluding carboxylic acids is 1. The van der Waals surface area contributed by atoms with Gasteiger partial charge in [0.1, 0.15) is 0 Å². The summed E-state index contributed by atoms with van der Waals surface area (Å²) in [5, 5.41) is -0.392. The fraction of sp³-hybridized carbons (Fsp3) is 0.625. The summed E-state index contributed by atoms with van der Waals surface area (Å²) >= 11 is 5.14. The molecule has 0 aromatic heterocycles. The molecule has 1 heterocycles. The summed E-state index contributed by atoms with van der Waals surface area (Å²) in [6.07, 6.45) is 5.30. The lowest BCUT2D eigenvalue weighted by atomic mass is 10.0. The molecule has 62 valence electrons. The van der Waals surface area contributed by atoms with E-state index in [1.807, 2.05) is 6.08 Å². The standard InChI is InChI=1S/C8H11ClO2/c9-8(10)2-1-7-3-5-11-6-4-7/h1-2,7H,3-6H2. The molecule has 1 aliphatic rings. The highest BCUT2D eigenvalue weighted by molar-refractivity contribution is 6.66. The van der Waals surface area contributed by atoms with E-state index in [0.29, 0.717) is 5.92 Å². The van der Waals surface area contributed by atoms with E-state index < -0.39 is 5.24 Å². The molecule has 0 spiro atoms. The van der Waals surface area contributed by atoms with Gasteiger partial charge in [-0.3, -0.25) is 4.79 Å². The molecule has 0 atom stereocenters. The molecule has 0 radical (unpaired) electrons. The van der Waals surface area contributed by atoms with Gasteiger partial charge in [-0.15, -0.1) is 0 Å². The average molecular weight is 175 g/mol. The lowest BCUT2D eigenvalue weighted by Crippen LogP contribution is -2.13. The molecule has 0 saturated carbocycles. The van der Waals surface area contributed by atoms with Gasteiger partial charge >= 0.3 is 0 Å². The predicted octanol–water partition coefficient (Wildman–Crippen LogP) is 1.73. The number of carbonyl (C=O) groups is 1. The topological polar surface area (TPSA) is 26.3 Å². The second-order valence-electron chi connectivity index (χ2n) is 2.61. The van der Waals surface area contributed by atoms with Gasteiger partial charge < -0.3 is 4.74 Å². The highest BCUT2D eigenvalue weighted by Crippen LogP contribution is 2.15. The Kier molecular flexibility index (Phi) is 3.60. The number of ether oxygens (including phenoxy) is 1. The first kappa shape index (κ1) is 8.75. The van der Waals surface area contributed by atoms with Crippen molar-refractivity contribution < 1.29 is 9.53 Å². The van der Waals surface area contributed by atoms with Crippen molar-refractivity contribution in [3.05, 3.63) is 12.2 Å². The van der Waals surface area contributed by atoms with Crippen molar-refractivity contribution in [3.8, 4) is 0 Å². The maximum Gasteiger partial charge on any atom is 0.244 e. The first-order valence-electron chi connectivity index (χ1n) is 3.74. The number of halogens is 1. The van der Waals surface area contributed by atoms with Crippen molar-refractivity contribution in [3.63, 3.8) is 0 Å². The van der Waals surface area contributed by atoms with Crippen molar-refractivity contribution >= 4 is 16.8 Å². The molecular formula is C8H11ClO2. The van der Waals surface area contributed by atoms with Gasteiger partial charge in [0.15, 0.2) is 0 Å². The third kappa shape index (κ3) is 3.54. The molecule has 0 aliphatic carbocycles. The summed E-state index contributed by atoms with van der Waals surface area (Å²) in [6, 6.07) is 0. The van der Waals surface area contributed by atoms with Crippen LogP contribution in [0, 0.1) is 5.92 Å². The zero-order chi connectivity index (χ0) is 8.10. The molecule has 0 unspecified atom stereocenters. The first-order valence-corrected chi connectivity index (χ1v) is 4.12. The van der Waals surface area contributed by atoms with Crippen LogP contribution < -0.4 is 0 Å². The van der Waals surface area contributed by atoms with Crippen LogP contribution in [0.4, 0.5) is 0 Å². The smallest absolute Gasteiger partial charge is 0.244 e. The van der Waals surface area contributed by atoms with Gasteiger partial charge in [-0.25, -0.2) is 0 Å². The molecule has 3 heteroatoms. The largest absolute Gasteiger partial charge is 0.381 e. The molecule has 11 heavy (non-hydrogen) atoms. The van der Waals surface area contributed by atoms with E-state index in [1.165, 1.54) is 6.08 Å². The normalized spacial score (nSPS) is 20.8. The summed E-state index contributed by atoms with van der Waals surface area (Å²) in [6.45, 7) is 1.59. The fourth-order valence-corrected chi connectivity index (χ4v) is 1.19. The summed E-state index contributed by atoms with van der Waals surface area (Å²) in [4.78, 5) is 10.3. The maximum atomic E-state index is 10.3.